The average Bonchev–Trinajstić information content (AvgIpc) is 1.98. The van der Waals surface area contributed by atoms with Gasteiger partial charge in [0.15, 0.2) is 0 Å². The zero-order valence-electron chi connectivity index (χ0n) is 6.19. The molecule has 0 heterocycles. The van der Waals surface area contributed by atoms with E-state index < -0.39 is 0 Å². The van der Waals surface area contributed by atoms with Gasteiger partial charge in [-0.05, 0) is 18.2 Å². The first-order valence-electron chi connectivity index (χ1n) is 3.25. The molecule has 0 unspecified atom stereocenters. The van der Waals surface area contributed by atoms with E-state index in [1.54, 1.807) is 13.2 Å². The maximum atomic E-state index is 12.5. The molecule has 0 aliphatic heterocycles. The van der Waals surface area contributed by atoms with Crippen LogP contribution in [-0.4, -0.2) is 12.8 Å². The lowest BCUT2D eigenvalue weighted by Crippen LogP contribution is -2.04. The fraction of sp³-hybridized carbons (Fsp3) is 0.125. The number of halogens is 1. The highest BCUT2D eigenvalue weighted by molar-refractivity contribution is 6.09. The van der Waals surface area contributed by atoms with Gasteiger partial charge in [0.2, 0.25) is 0 Å². The summed E-state index contributed by atoms with van der Waals surface area (Å²) in [6.45, 7) is 0. The standard InChI is InChI=1S/C8H9FN2/c1-11-5-6-4-7(9)2-3-8(6)10/h2-5,10-11H,1H3/b6-5-,10-8?. The second-order valence-corrected chi connectivity index (χ2v) is 2.16. The third-order valence-corrected chi connectivity index (χ3v) is 1.31. The fourth-order valence-electron chi connectivity index (χ4n) is 0.809. The summed E-state index contributed by atoms with van der Waals surface area (Å²) in [5.41, 5.74) is 0.883. The quantitative estimate of drug-likeness (QED) is 0.587. The highest BCUT2D eigenvalue weighted by Crippen LogP contribution is 2.12. The van der Waals surface area contributed by atoms with Crippen LogP contribution in [0.1, 0.15) is 0 Å². The summed E-state index contributed by atoms with van der Waals surface area (Å²) in [5, 5.41) is 10.1. The minimum Gasteiger partial charge on any atom is -0.393 e. The van der Waals surface area contributed by atoms with E-state index in [2.05, 4.69) is 5.32 Å². The van der Waals surface area contributed by atoms with Gasteiger partial charge < -0.3 is 10.7 Å². The lowest BCUT2D eigenvalue weighted by atomic mass is 10.1. The molecular formula is C8H9FN2. The van der Waals surface area contributed by atoms with Gasteiger partial charge in [-0.1, -0.05) is 0 Å². The first-order valence-corrected chi connectivity index (χ1v) is 3.25. The highest BCUT2D eigenvalue weighted by Gasteiger charge is 2.04. The molecule has 0 amide bonds. The van der Waals surface area contributed by atoms with Crippen molar-refractivity contribution in [1.82, 2.24) is 5.32 Å². The Hall–Kier alpha value is -1.38. The molecule has 11 heavy (non-hydrogen) atoms. The lowest BCUT2D eigenvalue weighted by Gasteiger charge is -2.04. The minimum absolute atomic E-state index is 0.317. The largest absolute Gasteiger partial charge is 0.393 e. The van der Waals surface area contributed by atoms with E-state index >= 15 is 0 Å². The van der Waals surface area contributed by atoms with Crippen LogP contribution >= 0.6 is 0 Å². The molecule has 0 fully saturated rings. The van der Waals surface area contributed by atoms with E-state index in [1.807, 2.05) is 0 Å². The van der Waals surface area contributed by atoms with Crippen molar-refractivity contribution in [2.45, 2.75) is 0 Å². The number of allylic oxidation sites excluding steroid dienone is 5. The summed E-state index contributed by atoms with van der Waals surface area (Å²) >= 11 is 0. The Kier molecular flexibility index (Phi) is 2.21. The SMILES string of the molecule is CN/C=C1/C=C(F)C=CC1=N. The Bertz CT molecular complexity index is 261. The third-order valence-electron chi connectivity index (χ3n) is 1.31. The molecule has 0 saturated carbocycles. The van der Waals surface area contributed by atoms with Gasteiger partial charge in [-0.15, -0.1) is 0 Å². The van der Waals surface area contributed by atoms with Crippen molar-refractivity contribution in [1.29, 1.82) is 5.41 Å². The maximum absolute atomic E-state index is 12.5. The van der Waals surface area contributed by atoms with Crippen LogP contribution in [0.25, 0.3) is 0 Å². The molecule has 2 N–H and O–H groups in total. The molecule has 0 aromatic heterocycles. The molecule has 1 aliphatic carbocycles. The number of rotatable bonds is 1. The topological polar surface area (TPSA) is 35.9 Å². The summed E-state index contributed by atoms with van der Waals surface area (Å²) in [6, 6.07) is 0. The highest BCUT2D eigenvalue weighted by atomic mass is 19.1. The molecule has 0 atom stereocenters. The van der Waals surface area contributed by atoms with Crippen molar-refractivity contribution < 1.29 is 4.39 Å². The first-order chi connectivity index (χ1) is 5.24. The van der Waals surface area contributed by atoms with Crippen LogP contribution in [0.5, 0.6) is 0 Å². The number of nitrogens with one attached hydrogen (secondary N) is 2. The smallest absolute Gasteiger partial charge is 0.124 e. The molecule has 1 rings (SSSR count). The van der Waals surface area contributed by atoms with Crippen molar-refractivity contribution in [3.63, 3.8) is 0 Å². The van der Waals surface area contributed by atoms with Crippen LogP contribution in [0.4, 0.5) is 4.39 Å². The molecular weight excluding hydrogens is 143 g/mol. The van der Waals surface area contributed by atoms with Crippen molar-refractivity contribution in [3.05, 3.63) is 35.8 Å². The molecule has 0 aromatic rings. The van der Waals surface area contributed by atoms with E-state index in [1.165, 1.54) is 18.2 Å². The summed E-state index contributed by atoms with van der Waals surface area (Å²) in [6.07, 6.45) is 5.61. The average molecular weight is 152 g/mol. The Morgan fingerprint density at radius 3 is 2.91 bits per heavy atom. The fourth-order valence-corrected chi connectivity index (χ4v) is 0.809. The normalized spacial score (nSPS) is 20.4. The summed E-state index contributed by atoms with van der Waals surface area (Å²) in [7, 11) is 1.71. The monoisotopic (exact) mass is 152 g/mol. The van der Waals surface area contributed by atoms with Gasteiger partial charge in [-0.2, -0.15) is 0 Å². The zero-order chi connectivity index (χ0) is 8.27. The molecule has 2 nitrogen and oxygen atoms in total. The Morgan fingerprint density at radius 1 is 1.55 bits per heavy atom. The zero-order valence-corrected chi connectivity index (χ0v) is 6.19. The Morgan fingerprint density at radius 2 is 2.27 bits per heavy atom. The second kappa shape index (κ2) is 3.14. The third kappa shape index (κ3) is 1.77. The minimum atomic E-state index is -0.317. The van der Waals surface area contributed by atoms with Crippen molar-refractivity contribution in [2.75, 3.05) is 7.05 Å². The van der Waals surface area contributed by atoms with Crippen molar-refractivity contribution in [2.24, 2.45) is 0 Å². The van der Waals surface area contributed by atoms with Gasteiger partial charge in [-0.25, -0.2) is 4.39 Å². The van der Waals surface area contributed by atoms with Crippen molar-refractivity contribution >= 4 is 5.71 Å². The van der Waals surface area contributed by atoms with Gasteiger partial charge in [0.05, 0.1) is 5.71 Å². The predicted octanol–water partition coefficient (Wildman–Crippen LogP) is 1.53. The van der Waals surface area contributed by atoms with E-state index in [4.69, 9.17) is 5.41 Å². The van der Waals surface area contributed by atoms with Crippen LogP contribution in [-0.2, 0) is 0 Å². The van der Waals surface area contributed by atoms with E-state index in [0.717, 1.165) is 0 Å². The summed E-state index contributed by atoms with van der Waals surface area (Å²) in [4.78, 5) is 0. The summed E-state index contributed by atoms with van der Waals surface area (Å²) in [5.74, 6) is -0.317. The summed E-state index contributed by atoms with van der Waals surface area (Å²) < 4.78 is 12.5. The van der Waals surface area contributed by atoms with Gasteiger partial charge in [0, 0.05) is 18.8 Å². The second-order valence-electron chi connectivity index (χ2n) is 2.16. The Labute approximate surface area is 64.6 Å². The number of hydrogen-bond acceptors (Lipinski definition) is 2. The molecule has 0 radical (unpaired) electrons. The van der Waals surface area contributed by atoms with Crippen LogP contribution < -0.4 is 5.32 Å². The van der Waals surface area contributed by atoms with Gasteiger partial charge in [-0.3, -0.25) is 0 Å². The van der Waals surface area contributed by atoms with Crippen molar-refractivity contribution in [3.8, 4) is 0 Å². The maximum Gasteiger partial charge on any atom is 0.124 e. The van der Waals surface area contributed by atoms with Crippen LogP contribution in [0.2, 0.25) is 0 Å². The first kappa shape index (κ1) is 7.72. The van der Waals surface area contributed by atoms with Gasteiger partial charge >= 0.3 is 0 Å². The molecule has 0 spiro atoms. The van der Waals surface area contributed by atoms with E-state index in [9.17, 15) is 4.39 Å². The van der Waals surface area contributed by atoms with Crippen LogP contribution in [0.3, 0.4) is 0 Å². The molecule has 58 valence electrons. The molecule has 0 aromatic carbocycles. The van der Waals surface area contributed by atoms with E-state index in [0.29, 0.717) is 11.3 Å². The number of hydrogen-bond donors (Lipinski definition) is 2. The van der Waals surface area contributed by atoms with Crippen LogP contribution in [0, 0.1) is 5.41 Å². The molecule has 0 saturated heterocycles. The van der Waals surface area contributed by atoms with Gasteiger partial charge in [0.25, 0.3) is 0 Å². The molecule has 3 heteroatoms. The van der Waals surface area contributed by atoms with Gasteiger partial charge in [0.1, 0.15) is 5.83 Å². The molecule has 0 bridgehead atoms. The predicted molar refractivity (Wildman–Crippen MR) is 43.2 cm³/mol. The van der Waals surface area contributed by atoms with Crippen LogP contribution in [0.15, 0.2) is 35.8 Å². The lowest BCUT2D eigenvalue weighted by molar-refractivity contribution is 0.665. The molecule has 1 aliphatic rings. The Balaban J connectivity index is 2.90. The van der Waals surface area contributed by atoms with E-state index in [-0.39, 0.29) is 5.83 Å².